The molecule has 0 atom stereocenters. The molecule has 6 nitrogen and oxygen atoms in total. The van der Waals surface area contributed by atoms with Gasteiger partial charge in [0.1, 0.15) is 5.75 Å². The maximum Gasteiger partial charge on any atom is 0.321 e. The first-order valence-corrected chi connectivity index (χ1v) is 7.73. The number of carbonyl (C=O) groups excluding carboxylic acids is 1. The molecule has 1 aromatic carbocycles. The van der Waals surface area contributed by atoms with Gasteiger partial charge in [0.05, 0.1) is 18.6 Å². The maximum atomic E-state index is 12.0. The van der Waals surface area contributed by atoms with Crippen molar-refractivity contribution in [3.63, 3.8) is 0 Å². The van der Waals surface area contributed by atoms with Gasteiger partial charge in [-0.2, -0.15) is 0 Å². The first kappa shape index (κ1) is 13.7. The average Bonchev–Trinajstić information content (AvgIpc) is 2.38. The fraction of sp³-hybridized carbons (Fsp3) is 0.417. The van der Waals surface area contributed by atoms with Crippen molar-refractivity contribution < 1.29 is 17.9 Å². The van der Waals surface area contributed by atoms with E-state index in [1.165, 1.54) is 4.90 Å². The SMILES string of the molecule is COc1cccc(NC(=O)N2CCS(=O)(=O)CC2)c1. The van der Waals surface area contributed by atoms with Crippen molar-refractivity contribution >= 4 is 21.6 Å². The number of carbonyl (C=O) groups is 1. The van der Waals surface area contributed by atoms with Gasteiger partial charge in [-0.3, -0.25) is 0 Å². The first-order chi connectivity index (χ1) is 9.00. The van der Waals surface area contributed by atoms with Gasteiger partial charge in [-0.15, -0.1) is 0 Å². The highest BCUT2D eigenvalue weighted by Crippen LogP contribution is 2.17. The number of anilines is 1. The number of hydrogen-bond acceptors (Lipinski definition) is 4. The van der Waals surface area contributed by atoms with Crippen LogP contribution in [0.5, 0.6) is 5.75 Å². The number of nitrogens with zero attached hydrogens (tertiary/aromatic N) is 1. The van der Waals surface area contributed by atoms with Gasteiger partial charge in [-0.1, -0.05) is 6.07 Å². The molecular weight excluding hydrogens is 268 g/mol. The third kappa shape index (κ3) is 3.60. The van der Waals surface area contributed by atoms with E-state index in [4.69, 9.17) is 4.74 Å². The van der Waals surface area contributed by atoms with Crippen molar-refractivity contribution in [2.24, 2.45) is 0 Å². The van der Waals surface area contributed by atoms with Crippen molar-refractivity contribution in [1.29, 1.82) is 0 Å². The topological polar surface area (TPSA) is 75.7 Å². The van der Waals surface area contributed by atoms with Crippen LogP contribution in [0.15, 0.2) is 24.3 Å². The van der Waals surface area contributed by atoms with Crippen molar-refractivity contribution in [2.75, 3.05) is 37.0 Å². The second-order valence-electron chi connectivity index (χ2n) is 4.30. The van der Waals surface area contributed by atoms with Gasteiger partial charge in [-0.25, -0.2) is 13.2 Å². The summed E-state index contributed by atoms with van der Waals surface area (Å²) in [6.07, 6.45) is 0. The predicted molar refractivity (Wildman–Crippen MR) is 72.2 cm³/mol. The predicted octanol–water partition coefficient (Wildman–Crippen LogP) is 0.957. The molecule has 1 aliphatic heterocycles. The van der Waals surface area contributed by atoms with Crippen LogP contribution >= 0.6 is 0 Å². The molecule has 0 spiro atoms. The fourth-order valence-corrected chi connectivity index (χ4v) is 3.02. The highest BCUT2D eigenvalue weighted by molar-refractivity contribution is 7.91. The number of methoxy groups -OCH3 is 1. The van der Waals surface area contributed by atoms with Crippen molar-refractivity contribution in [1.82, 2.24) is 4.90 Å². The molecule has 7 heteroatoms. The van der Waals surface area contributed by atoms with Crippen LogP contribution < -0.4 is 10.1 Å². The molecule has 1 fully saturated rings. The first-order valence-electron chi connectivity index (χ1n) is 5.90. The normalized spacial score (nSPS) is 17.8. The molecule has 1 saturated heterocycles. The van der Waals surface area contributed by atoms with Gasteiger partial charge in [-0.05, 0) is 12.1 Å². The van der Waals surface area contributed by atoms with Crippen LogP contribution in [0.4, 0.5) is 10.5 Å². The van der Waals surface area contributed by atoms with Crippen LogP contribution in [-0.4, -0.2) is 51.1 Å². The number of urea groups is 1. The molecule has 1 heterocycles. The molecule has 19 heavy (non-hydrogen) atoms. The molecule has 1 aliphatic rings. The van der Waals surface area contributed by atoms with E-state index in [1.807, 2.05) is 0 Å². The zero-order chi connectivity index (χ0) is 13.9. The van der Waals surface area contributed by atoms with E-state index >= 15 is 0 Å². The molecule has 1 aromatic rings. The van der Waals surface area contributed by atoms with E-state index in [1.54, 1.807) is 31.4 Å². The number of benzene rings is 1. The summed E-state index contributed by atoms with van der Waals surface area (Å²) < 4.78 is 27.6. The van der Waals surface area contributed by atoms with Crippen molar-refractivity contribution in [3.8, 4) is 5.75 Å². The van der Waals surface area contributed by atoms with Gasteiger partial charge in [0.25, 0.3) is 0 Å². The summed E-state index contributed by atoms with van der Waals surface area (Å²) in [6, 6.07) is 6.72. The maximum absolute atomic E-state index is 12.0. The fourth-order valence-electron chi connectivity index (χ4n) is 1.82. The Morgan fingerprint density at radius 1 is 1.32 bits per heavy atom. The summed E-state index contributed by atoms with van der Waals surface area (Å²) in [5.74, 6) is 0.705. The van der Waals surface area contributed by atoms with E-state index in [2.05, 4.69) is 5.32 Å². The van der Waals surface area contributed by atoms with Gasteiger partial charge < -0.3 is 15.0 Å². The number of ether oxygens (including phenoxy) is 1. The molecule has 0 aromatic heterocycles. The van der Waals surface area contributed by atoms with E-state index in [0.717, 1.165) is 0 Å². The number of sulfone groups is 1. The zero-order valence-electron chi connectivity index (χ0n) is 10.6. The molecular formula is C12H16N2O4S. The molecule has 0 saturated carbocycles. The lowest BCUT2D eigenvalue weighted by molar-refractivity contribution is 0.216. The summed E-state index contributed by atoms with van der Waals surface area (Å²) in [4.78, 5) is 13.5. The molecule has 0 bridgehead atoms. The van der Waals surface area contributed by atoms with E-state index in [9.17, 15) is 13.2 Å². The highest BCUT2D eigenvalue weighted by Gasteiger charge is 2.24. The number of nitrogens with one attached hydrogen (secondary N) is 1. The Morgan fingerprint density at radius 2 is 2.00 bits per heavy atom. The Kier molecular flexibility index (Phi) is 3.94. The molecule has 104 valence electrons. The summed E-state index contributed by atoms with van der Waals surface area (Å²) in [5.41, 5.74) is 0.623. The van der Waals surface area contributed by atoms with Crippen LogP contribution in [0.3, 0.4) is 0 Å². The van der Waals surface area contributed by atoms with Crippen LogP contribution in [0.2, 0.25) is 0 Å². The minimum Gasteiger partial charge on any atom is -0.497 e. The number of amides is 2. The summed E-state index contributed by atoms with van der Waals surface area (Å²) in [7, 11) is -1.42. The average molecular weight is 284 g/mol. The Balaban J connectivity index is 1.97. The lowest BCUT2D eigenvalue weighted by atomic mass is 10.3. The second-order valence-corrected chi connectivity index (χ2v) is 6.60. The van der Waals surface area contributed by atoms with Gasteiger partial charge in [0.2, 0.25) is 0 Å². The minimum atomic E-state index is -2.97. The van der Waals surface area contributed by atoms with Crippen molar-refractivity contribution in [3.05, 3.63) is 24.3 Å². The highest BCUT2D eigenvalue weighted by atomic mass is 32.2. The molecule has 2 amide bonds. The largest absolute Gasteiger partial charge is 0.497 e. The molecule has 0 radical (unpaired) electrons. The van der Waals surface area contributed by atoms with E-state index in [-0.39, 0.29) is 30.6 Å². The summed E-state index contributed by atoms with van der Waals surface area (Å²) in [5, 5.41) is 2.73. The Morgan fingerprint density at radius 3 is 2.63 bits per heavy atom. The summed E-state index contributed by atoms with van der Waals surface area (Å²) in [6.45, 7) is 0.469. The van der Waals surface area contributed by atoms with Crippen LogP contribution in [0.25, 0.3) is 0 Å². The third-order valence-corrected chi connectivity index (χ3v) is 4.56. The number of hydrogen-bond donors (Lipinski definition) is 1. The number of rotatable bonds is 2. The molecule has 1 N–H and O–H groups in total. The van der Waals surface area contributed by atoms with Crippen LogP contribution in [0, 0.1) is 0 Å². The van der Waals surface area contributed by atoms with Gasteiger partial charge in [0, 0.05) is 24.8 Å². The molecule has 2 rings (SSSR count). The standard InChI is InChI=1S/C12H16N2O4S/c1-18-11-4-2-3-10(9-11)13-12(15)14-5-7-19(16,17)8-6-14/h2-4,9H,5-8H2,1H3,(H,13,15). The van der Waals surface area contributed by atoms with E-state index in [0.29, 0.717) is 11.4 Å². The lowest BCUT2D eigenvalue weighted by Crippen LogP contribution is -2.45. The van der Waals surface area contributed by atoms with Crippen LogP contribution in [0.1, 0.15) is 0 Å². The second kappa shape index (κ2) is 5.48. The smallest absolute Gasteiger partial charge is 0.321 e. The molecule has 0 aliphatic carbocycles. The quantitative estimate of drug-likeness (QED) is 0.877. The zero-order valence-corrected chi connectivity index (χ0v) is 11.4. The van der Waals surface area contributed by atoms with Gasteiger partial charge in [0.15, 0.2) is 9.84 Å². The van der Waals surface area contributed by atoms with Crippen LogP contribution in [-0.2, 0) is 9.84 Å². The van der Waals surface area contributed by atoms with Crippen molar-refractivity contribution in [2.45, 2.75) is 0 Å². The lowest BCUT2D eigenvalue weighted by Gasteiger charge is -2.26. The van der Waals surface area contributed by atoms with Gasteiger partial charge >= 0.3 is 6.03 Å². The summed E-state index contributed by atoms with van der Waals surface area (Å²) >= 11 is 0. The Bertz CT molecular complexity index is 557. The minimum absolute atomic E-state index is 0.0263. The Labute approximate surface area is 112 Å². The third-order valence-electron chi connectivity index (χ3n) is 2.95. The van der Waals surface area contributed by atoms with E-state index < -0.39 is 9.84 Å². The Hall–Kier alpha value is -1.76. The molecule has 0 unspecified atom stereocenters. The monoisotopic (exact) mass is 284 g/mol.